The summed E-state index contributed by atoms with van der Waals surface area (Å²) in [4.78, 5) is 12.4. The number of rotatable bonds is 6. The van der Waals surface area contributed by atoms with E-state index in [4.69, 9.17) is 19.9 Å². The molecule has 0 radical (unpaired) electrons. The quantitative estimate of drug-likeness (QED) is 0.378. The zero-order chi connectivity index (χ0) is 23.2. The molecule has 0 saturated carbocycles. The third-order valence-electron chi connectivity index (χ3n) is 5.47. The van der Waals surface area contributed by atoms with Crippen LogP contribution in [0.25, 0.3) is 21.9 Å². The van der Waals surface area contributed by atoms with Gasteiger partial charge in [-0.3, -0.25) is 0 Å². The normalized spacial score (nSPS) is 21.1. The lowest BCUT2D eigenvalue weighted by molar-refractivity contribution is -0.222. The zero-order valence-corrected chi connectivity index (χ0v) is 18.3. The van der Waals surface area contributed by atoms with E-state index in [1.54, 1.807) is 36.7 Å². The van der Waals surface area contributed by atoms with Crippen LogP contribution >= 0.6 is 0 Å². The predicted octanol–water partition coefficient (Wildman–Crippen LogP) is 2.75. The van der Waals surface area contributed by atoms with E-state index in [2.05, 4.69) is 15.0 Å². The molecule has 1 fully saturated rings. The van der Waals surface area contributed by atoms with Gasteiger partial charge in [0.25, 0.3) is 0 Å². The Morgan fingerprint density at radius 2 is 2.03 bits per heavy atom. The van der Waals surface area contributed by atoms with E-state index in [1.807, 2.05) is 24.3 Å². The summed E-state index contributed by atoms with van der Waals surface area (Å²) in [5.74, 6) is -0.368. The predicted molar refractivity (Wildman–Crippen MR) is 121 cm³/mol. The van der Waals surface area contributed by atoms with E-state index in [0.29, 0.717) is 29.0 Å². The third-order valence-corrected chi connectivity index (χ3v) is 5.47. The molecule has 3 aromatic heterocycles. The molecule has 1 aromatic carbocycles. The molecule has 4 N–H and O–H groups in total. The van der Waals surface area contributed by atoms with Crippen molar-refractivity contribution in [1.82, 2.24) is 19.5 Å². The van der Waals surface area contributed by atoms with Crippen molar-refractivity contribution in [2.24, 2.45) is 0 Å². The maximum atomic E-state index is 10.3. The number of ether oxygens (including phenoxy) is 3. The number of anilines is 1. The van der Waals surface area contributed by atoms with E-state index < -0.39 is 18.1 Å². The SMILES string of the molecule is CC(C)(O)O[C@@H]1C[C@@H](COc2ccc3ccc(N)nc3c2)O[C@H]1n1ccc2c(O)ncnc21. The Labute approximate surface area is 189 Å². The Morgan fingerprint density at radius 3 is 2.85 bits per heavy atom. The molecule has 10 heteroatoms. The van der Waals surface area contributed by atoms with Gasteiger partial charge in [-0.1, -0.05) is 0 Å². The zero-order valence-electron chi connectivity index (χ0n) is 18.3. The number of benzene rings is 1. The van der Waals surface area contributed by atoms with Crippen LogP contribution in [0.4, 0.5) is 5.82 Å². The average molecular weight is 451 g/mol. The molecule has 0 aliphatic carbocycles. The summed E-state index contributed by atoms with van der Waals surface area (Å²) in [7, 11) is 0. The molecule has 1 aliphatic rings. The Hall–Kier alpha value is -3.47. The molecule has 0 spiro atoms. The van der Waals surface area contributed by atoms with Crippen molar-refractivity contribution in [1.29, 1.82) is 0 Å². The number of aromatic nitrogens is 4. The number of pyridine rings is 1. The fourth-order valence-electron chi connectivity index (χ4n) is 4.10. The average Bonchev–Trinajstić information content (AvgIpc) is 3.35. The van der Waals surface area contributed by atoms with Crippen molar-refractivity contribution in [3.63, 3.8) is 0 Å². The lowest BCUT2D eigenvalue weighted by Crippen LogP contribution is -2.33. The second kappa shape index (κ2) is 8.14. The van der Waals surface area contributed by atoms with Crippen LogP contribution in [0.2, 0.25) is 0 Å². The molecule has 3 atom stereocenters. The highest BCUT2D eigenvalue weighted by Crippen LogP contribution is 2.36. The number of fused-ring (bicyclic) bond motifs is 2. The largest absolute Gasteiger partial charge is 0.493 e. The van der Waals surface area contributed by atoms with Crippen molar-refractivity contribution in [2.45, 2.75) is 44.5 Å². The number of aromatic hydroxyl groups is 1. The van der Waals surface area contributed by atoms with Crippen molar-refractivity contribution in [3.05, 3.63) is 48.9 Å². The monoisotopic (exact) mass is 451 g/mol. The first-order valence-corrected chi connectivity index (χ1v) is 10.6. The smallest absolute Gasteiger partial charge is 0.223 e. The van der Waals surface area contributed by atoms with Gasteiger partial charge >= 0.3 is 0 Å². The fourth-order valence-corrected chi connectivity index (χ4v) is 4.10. The summed E-state index contributed by atoms with van der Waals surface area (Å²) < 4.78 is 19.9. The van der Waals surface area contributed by atoms with E-state index in [1.165, 1.54) is 6.33 Å². The molecule has 172 valence electrons. The molecule has 0 amide bonds. The Morgan fingerprint density at radius 1 is 1.21 bits per heavy atom. The standard InChI is InChI=1S/C23H25N5O5/c1-23(2,30)33-18-10-15(11-31-14-5-3-13-4-6-19(24)27-17(13)9-14)32-22(18)28-8-7-16-20(28)25-12-26-21(16)29/h3-9,12,15,18,22,30H,10-11H2,1-2H3,(H2,24,27)(H,25,26,29)/t15-,18+,22+/m0/s1. The van der Waals surface area contributed by atoms with Gasteiger partial charge in [0.1, 0.15) is 36.3 Å². The lowest BCUT2D eigenvalue weighted by Gasteiger charge is -2.27. The highest BCUT2D eigenvalue weighted by Gasteiger charge is 2.41. The van der Waals surface area contributed by atoms with Gasteiger partial charge in [-0.25, -0.2) is 15.0 Å². The number of hydrogen-bond acceptors (Lipinski definition) is 9. The molecule has 1 saturated heterocycles. The first kappa shape index (κ1) is 21.4. The van der Waals surface area contributed by atoms with E-state index in [-0.39, 0.29) is 18.6 Å². The molecule has 33 heavy (non-hydrogen) atoms. The van der Waals surface area contributed by atoms with Gasteiger partial charge in [-0.05, 0) is 44.2 Å². The minimum atomic E-state index is -1.36. The van der Waals surface area contributed by atoms with Crippen molar-refractivity contribution >= 4 is 27.8 Å². The van der Waals surface area contributed by atoms with Gasteiger partial charge in [0, 0.05) is 24.1 Å². The van der Waals surface area contributed by atoms with Crippen molar-refractivity contribution in [3.8, 4) is 11.6 Å². The molecular formula is C23H25N5O5. The van der Waals surface area contributed by atoms with Gasteiger partial charge in [-0.15, -0.1) is 0 Å². The third kappa shape index (κ3) is 4.40. The summed E-state index contributed by atoms with van der Waals surface area (Å²) in [6.07, 6.45) is 2.19. The van der Waals surface area contributed by atoms with Crippen LogP contribution in [0, 0.1) is 0 Å². The van der Waals surface area contributed by atoms with Gasteiger partial charge < -0.3 is 34.7 Å². The second-order valence-electron chi connectivity index (χ2n) is 8.55. The van der Waals surface area contributed by atoms with Crippen LogP contribution < -0.4 is 10.5 Å². The van der Waals surface area contributed by atoms with Crippen LogP contribution in [0.1, 0.15) is 26.5 Å². The van der Waals surface area contributed by atoms with Crippen LogP contribution in [0.5, 0.6) is 11.6 Å². The van der Waals surface area contributed by atoms with Crippen LogP contribution in [0.15, 0.2) is 48.9 Å². The maximum absolute atomic E-state index is 10.3. The molecule has 4 aromatic rings. The Bertz CT molecular complexity index is 1300. The van der Waals surface area contributed by atoms with Crippen LogP contribution in [-0.4, -0.2) is 54.3 Å². The molecule has 0 unspecified atom stereocenters. The summed E-state index contributed by atoms with van der Waals surface area (Å²) in [6, 6.07) is 11.0. The lowest BCUT2D eigenvalue weighted by atomic mass is 10.2. The van der Waals surface area contributed by atoms with Crippen molar-refractivity contribution < 1.29 is 24.4 Å². The van der Waals surface area contributed by atoms with E-state index in [9.17, 15) is 10.2 Å². The number of nitrogens with zero attached hydrogens (tertiary/aromatic N) is 4. The van der Waals surface area contributed by atoms with Gasteiger partial charge in [0.15, 0.2) is 12.0 Å². The number of nitrogen functional groups attached to an aromatic ring is 1. The number of hydrogen-bond donors (Lipinski definition) is 3. The van der Waals surface area contributed by atoms with Crippen molar-refractivity contribution in [2.75, 3.05) is 12.3 Å². The number of nitrogens with two attached hydrogens (primary N) is 1. The highest BCUT2D eigenvalue weighted by molar-refractivity contribution is 5.81. The molecule has 0 bridgehead atoms. The molecule has 5 rings (SSSR count). The van der Waals surface area contributed by atoms with Gasteiger partial charge in [0.2, 0.25) is 5.88 Å². The van der Waals surface area contributed by atoms with Gasteiger partial charge in [-0.2, -0.15) is 0 Å². The maximum Gasteiger partial charge on any atom is 0.223 e. The summed E-state index contributed by atoms with van der Waals surface area (Å²) in [5, 5.41) is 21.8. The number of aliphatic hydroxyl groups is 1. The minimum Gasteiger partial charge on any atom is -0.493 e. The van der Waals surface area contributed by atoms with E-state index >= 15 is 0 Å². The van der Waals surface area contributed by atoms with Crippen LogP contribution in [0.3, 0.4) is 0 Å². The van der Waals surface area contributed by atoms with E-state index in [0.717, 1.165) is 10.9 Å². The summed E-state index contributed by atoms with van der Waals surface area (Å²) in [6.45, 7) is 3.42. The highest BCUT2D eigenvalue weighted by atomic mass is 16.7. The molecular weight excluding hydrogens is 426 g/mol. The van der Waals surface area contributed by atoms with Gasteiger partial charge in [0.05, 0.1) is 17.0 Å². The Balaban J connectivity index is 1.36. The fraction of sp³-hybridized carbons (Fsp3) is 0.348. The molecule has 1 aliphatic heterocycles. The first-order chi connectivity index (χ1) is 15.8. The first-order valence-electron chi connectivity index (χ1n) is 10.6. The summed E-state index contributed by atoms with van der Waals surface area (Å²) >= 11 is 0. The van der Waals surface area contributed by atoms with Crippen LogP contribution in [-0.2, 0) is 9.47 Å². The minimum absolute atomic E-state index is 0.109. The molecule has 4 heterocycles. The topological polar surface area (TPSA) is 138 Å². The summed E-state index contributed by atoms with van der Waals surface area (Å²) in [5.41, 5.74) is 7.05. The molecule has 10 nitrogen and oxygen atoms in total. The second-order valence-corrected chi connectivity index (χ2v) is 8.55. The Kier molecular flexibility index (Phi) is 5.28.